The van der Waals surface area contributed by atoms with Crippen molar-refractivity contribution in [1.82, 2.24) is 30.4 Å². The third kappa shape index (κ3) is 9.17. The maximum absolute atomic E-state index is 14.0. The summed E-state index contributed by atoms with van der Waals surface area (Å²) in [4.78, 5) is 62.5. The number of carbonyl (C=O) groups is 4. The topological polar surface area (TPSA) is 243 Å². The van der Waals surface area contributed by atoms with Gasteiger partial charge in [-0.2, -0.15) is 0 Å². The van der Waals surface area contributed by atoms with E-state index in [2.05, 4.69) is 25.7 Å². The van der Waals surface area contributed by atoms with E-state index in [-0.39, 0.29) is 50.4 Å². The minimum Gasteiger partial charge on any atom is -0.478 e. The maximum Gasteiger partial charge on any atom is 0.337 e. The monoisotopic (exact) mass is 900 g/mol. The van der Waals surface area contributed by atoms with Crippen LogP contribution in [0.1, 0.15) is 31.8 Å². The molecule has 18 nitrogen and oxygen atoms in total. The summed E-state index contributed by atoms with van der Waals surface area (Å²) in [6, 6.07) is 22.9. The average molecular weight is 901 g/mol. The van der Waals surface area contributed by atoms with E-state index in [1.807, 2.05) is 6.92 Å². The van der Waals surface area contributed by atoms with Crippen LogP contribution in [-0.2, 0) is 14.3 Å². The molecule has 0 bridgehead atoms. The van der Waals surface area contributed by atoms with E-state index in [9.17, 15) is 24.3 Å². The van der Waals surface area contributed by atoms with E-state index < -0.39 is 28.7 Å². The number of hydrogen-bond donors (Lipinski definition) is 3. The molecule has 2 aromatic carbocycles. The second-order valence-corrected chi connectivity index (χ2v) is 16.8. The van der Waals surface area contributed by atoms with Crippen LogP contribution in [0.25, 0.3) is 45.8 Å². The molecule has 0 fully saturated rings. The van der Waals surface area contributed by atoms with Gasteiger partial charge in [0.05, 0.1) is 48.5 Å². The van der Waals surface area contributed by atoms with Crippen LogP contribution in [0.3, 0.4) is 0 Å². The van der Waals surface area contributed by atoms with E-state index >= 15 is 0 Å². The number of aryl methyl sites for hydroxylation is 2. The Morgan fingerprint density at radius 1 is 0.734 bits per heavy atom. The van der Waals surface area contributed by atoms with Gasteiger partial charge in [0.15, 0.2) is 39.6 Å². The molecule has 0 aliphatic rings. The Balaban J connectivity index is 1.14. The molecule has 1 atom stereocenters. The van der Waals surface area contributed by atoms with Gasteiger partial charge in [-0.3, -0.25) is 9.59 Å². The van der Waals surface area contributed by atoms with Gasteiger partial charge in [-0.25, -0.2) is 19.6 Å². The number of anilines is 2. The number of esters is 1. The first kappa shape index (κ1) is 42.8. The molecule has 2 N–H and O–H groups in total. The van der Waals surface area contributed by atoms with Gasteiger partial charge in [0.2, 0.25) is 17.0 Å². The lowest BCUT2D eigenvalue weighted by Crippen LogP contribution is -2.29. The molecule has 8 aromatic rings. The quantitative estimate of drug-likeness (QED) is 0.0501. The van der Waals surface area contributed by atoms with Gasteiger partial charge in [0.1, 0.15) is 16.5 Å². The van der Waals surface area contributed by atoms with Gasteiger partial charge >= 0.3 is 11.9 Å². The lowest BCUT2D eigenvalue weighted by molar-refractivity contribution is -0.116. The number of thioether (sulfide) groups is 1. The van der Waals surface area contributed by atoms with Gasteiger partial charge in [0.25, 0.3) is 0 Å². The smallest absolute Gasteiger partial charge is 0.337 e. The molecular formula is C44H36N8O10S2. The minimum absolute atomic E-state index is 0.00300. The Morgan fingerprint density at radius 2 is 1.36 bits per heavy atom. The first-order valence-corrected chi connectivity index (χ1v) is 21.7. The number of aromatic nitrogens is 6. The van der Waals surface area contributed by atoms with Crippen molar-refractivity contribution >= 4 is 57.8 Å². The number of carboxylic acids is 1. The zero-order valence-electron chi connectivity index (χ0n) is 34.3. The summed E-state index contributed by atoms with van der Waals surface area (Å²) >= 11 is 1.04. The summed E-state index contributed by atoms with van der Waals surface area (Å²) in [7, 11) is 1.00. The fourth-order valence-electron chi connectivity index (χ4n) is 6.36. The van der Waals surface area contributed by atoms with Crippen molar-refractivity contribution in [1.29, 1.82) is 0 Å². The molecule has 0 spiro atoms. The van der Waals surface area contributed by atoms with Crippen molar-refractivity contribution in [3.8, 4) is 45.8 Å². The van der Waals surface area contributed by atoms with Crippen LogP contribution in [0, 0.1) is 13.8 Å². The van der Waals surface area contributed by atoms with Gasteiger partial charge in [-0.05, 0) is 97.8 Å². The summed E-state index contributed by atoms with van der Waals surface area (Å²) in [5.74, 6) is -1.43. The number of nitrogens with one attached hydrogen (secondary N) is 1. The molecule has 20 heteroatoms. The normalized spacial score (nSPS) is 11.8. The van der Waals surface area contributed by atoms with Gasteiger partial charge in [0, 0.05) is 18.4 Å². The molecule has 0 radical (unpaired) electrons. The fourth-order valence-corrected chi connectivity index (χ4v) is 8.76. The fraction of sp³-hybridized carbons (Fsp3) is 0.136. The number of thiol groups is 1. The van der Waals surface area contributed by atoms with Crippen LogP contribution in [0.2, 0.25) is 0 Å². The summed E-state index contributed by atoms with van der Waals surface area (Å²) in [5, 5.41) is 30.7. The van der Waals surface area contributed by atoms with Crippen molar-refractivity contribution in [3.05, 3.63) is 126 Å². The van der Waals surface area contributed by atoms with Crippen molar-refractivity contribution in [2.24, 2.45) is 0 Å². The first-order chi connectivity index (χ1) is 31.0. The number of carbonyl (C=O) groups excluding carboxylic acids is 3. The lowest BCUT2D eigenvalue weighted by atomic mass is 10.1. The number of benzene rings is 2. The van der Waals surface area contributed by atoms with E-state index in [0.29, 0.717) is 56.3 Å². The molecule has 0 saturated carbocycles. The molecule has 0 aliphatic heterocycles. The zero-order valence-corrected chi connectivity index (χ0v) is 36.0. The molecule has 2 amide bonds. The van der Waals surface area contributed by atoms with Gasteiger partial charge in [-0.1, -0.05) is 23.9 Å². The Kier molecular flexibility index (Phi) is 12.5. The van der Waals surface area contributed by atoms with Crippen LogP contribution < -0.4 is 10.2 Å². The number of hydrogen-bond acceptors (Lipinski definition) is 16. The molecule has 0 aliphatic carbocycles. The Bertz CT molecular complexity index is 2990. The molecular weight excluding hydrogens is 865 g/mol. The molecule has 8 rings (SSSR count). The van der Waals surface area contributed by atoms with Gasteiger partial charge < -0.3 is 37.7 Å². The van der Waals surface area contributed by atoms with Crippen LogP contribution in [0.4, 0.5) is 11.4 Å². The van der Waals surface area contributed by atoms with Crippen molar-refractivity contribution < 1.29 is 46.7 Å². The van der Waals surface area contributed by atoms with Gasteiger partial charge in [-0.15, -0.1) is 31.3 Å². The zero-order chi connectivity index (χ0) is 44.9. The van der Waals surface area contributed by atoms with E-state index in [0.717, 1.165) is 17.3 Å². The number of methoxy groups -OCH3 is 1. The standard InChI is InChI=1S/C44H36N8O10S2/c1-24-11-13-26(41(55)56)20-28(24)45-34(53)23-64(44-47-37(30-8-5-17-59-30)39(49-51-44)31-9-6-18-60-31)36-16-15-33(62-36)38-40(32-10-7-19-61-32)48-50-43(46-38)63-22-35(54)52(3)29-21-27(42(57)58-4)14-12-25(29)2/h5-21,64H,22-23H2,1-4H3,(H,45,53)(H,55,56). The van der Waals surface area contributed by atoms with Crippen LogP contribution in [0.5, 0.6) is 0 Å². The van der Waals surface area contributed by atoms with E-state index in [1.165, 1.54) is 42.9 Å². The van der Waals surface area contributed by atoms with Crippen LogP contribution in [-0.4, -0.2) is 84.9 Å². The number of carboxylic acid groups (broad SMARTS) is 1. The second-order valence-electron chi connectivity index (χ2n) is 13.9. The Morgan fingerprint density at radius 3 is 2.00 bits per heavy atom. The third-order valence-corrected chi connectivity index (χ3v) is 12.6. The molecule has 6 heterocycles. The second kappa shape index (κ2) is 18.6. The predicted octanol–water partition coefficient (Wildman–Crippen LogP) is 8.01. The average Bonchev–Trinajstić information content (AvgIpc) is 4.17. The maximum atomic E-state index is 14.0. The molecule has 64 heavy (non-hydrogen) atoms. The largest absolute Gasteiger partial charge is 0.478 e. The highest BCUT2D eigenvalue weighted by molar-refractivity contribution is 8.17. The number of ether oxygens (including phenoxy) is 1. The SMILES string of the molecule is COC(=O)c1ccc(C)c(N(C)C(=O)CSc2nnc(-c3ccco3)c(-c3ccc([SH](CC(=O)Nc4cc(C(=O)O)ccc4C)c4nnc(-c5ccco5)c(-c5ccco5)n4)o3)n2)c1. The minimum atomic E-state index is -1.89. The predicted molar refractivity (Wildman–Crippen MR) is 234 cm³/mol. The first-order valence-electron chi connectivity index (χ1n) is 19.2. The Hall–Kier alpha value is -7.84. The number of aromatic carboxylic acids is 1. The number of amides is 2. The summed E-state index contributed by atoms with van der Waals surface area (Å²) in [6.45, 7) is 3.58. The highest BCUT2D eigenvalue weighted by Gasteiger charge is 2.28. The highest BCUT2D eigenvalue weighted by Crippen LogP contribution is 2.46. The summed E-state index contributed by atoms with van der Waals surface area (Å²) in [5.41, 5.74) is 3.66. The summed E-state index contributed by atoms with van der Waals surface area (Å²) in [6.07, 6.45) is 4.46. The number of nitrogens with zero attached hydrogens (tertiary/aromatic N) is 7. The molecule has 324 valence electrons. The van der Waals surface area contributed by atoms with Crippen LogP contribution >= 0.6 is 22.7 Å². The highest BCUT2D eigenvalue weighted by atomic mass is 32.2. The van der Waals surface area contributed by atoms with Crippen molar-refractivity contribution in [3.63, 3.8) is 0 Å². The van der Waals surface area contributed by atoms with E-state index in [1.54, 1.807) is 86.8 Å². The van der Waals surface area contributed by atoms with Crippen molar-refractivity contribution in [2.75, 3.05) is 35.9 Å². The third-order valence-electron chi connectivity index (χ3n) is 9.69. The lowest BCUT2D eigenvalue weighted by Gasteiger charge is -2.20. The molecule has 1 unspecified atom stereocenters. The number of furan rings is 4. The van der Waals surface area contributed by atoms with Crippen LogP contribution in [0.15, 0.2) is 137 Å². The molecule has 0 saturated heterocycles. The van der Waals surface area contributed by atoms with Crippen molar-refractivity contribution in [2.45, 2.75) is 29.3 Å². The van der Waals surface area contributed by atoms with E-state index in [4.69, 9.17) is 32.4 Å². The Labute approximate surface area is 370 Å². The molecule has 6 aromatic heterocycles. The number of rotatable bonds is 15. The summed E-state index contributed by atoms with van der Waals surface area (Å²) < 4.78 is 28.4.